The number of nitrogens with one attached hydrogen (secondary N) is 1. The fourth-order valence-electron chi connectivity index (χ4n) is 1.47. The molecule has 0 fully saturated rings. The van der Waals surface area contributed by atoms with E-state index in [0.29, 0.717) is 5.69 Å². The van der Waals surface area contributed by atoms with Crippen molar-refractivity contribution in [1.82, 2.24) is 10.3 Å². The first kappa shape index (κ1) is 13.0. The Morgan fingerprint density at radius 1 is 1.21 bits per heavy atom. The van der Waals surface area contributed by atoms with Gasteiger partial charge in [0, 0.05) is 6.20 Å². The van der Waals surface area contributed by atoms with Gasteiger partial charge >= 0.3 is 0 Å². The zero-order valence-electron chi connectivity index (χ0n) is 10.2. The normalized spacial score (nSPS) is 9.95. The lowest BCUT2D eigenvalue weighted by Gasteiger charge is -2.07. The SMILES string of the molecule is O=C(NCCOc1ccccc1F)c1ccccn1. The Balaban J connectivity index is 1.76. The summed E-state index contributed by atoms with van der Waals surface area (Å²) in [5, 5.41) is 2.64. The van der Waals surface area contributed by atoms with Crippen LogP contribution in [-0.2, 0) is 0 Å². The van der Waals surface area contributed by atoms with E-state index in [0.717, 1.165) is 0 Å². The van der Waals surface area contributed by atoms with Gasteiger partial charge in [0.15, 0.2) is 11.6 Å². The van der Waals surface area contributed by atoms with E-state index in [1.165, 1.54) is 12.1 Å². The van der Waals surface area contributed by atoms with E-state index in [1.807, 2.05) is 0 Å². The quantitative estimate of drug-likeness (QED) is 0.837. The van der Waals surface area contributed by atoms with Crippen LogP contribution in [0.3, 0.4) is 0 Å². The molecule has 19 heavy (non-hydrogen) atoms. The van der Waals surface area contributed by atoms with E-state index < -0.39 is 5.82 Å². The summed E-state index contributed by atoms with van der Waals surface area (Å²) < 4.78 is 18.4. The molecule has 0 radical (unpaired) electrons. The van der Waals surface area contributed by atoms with Gasteiger partial charge in [-0.15, -0.1) is 0 Å². The van der Waals surface area contributed by atoms with Gasteiger partial charge in [-0.3, -0.25) is 9.78 Å². The molecule has 0 saturated heterocycles. The molecule has 0 aliphatic carbocycles. The van der Waals surface area contributed by atoms with Gasteiger partial charge in [-0.2, -0.15) is 0 Å². The van der Waals surface area contributed by atoms with Crippen LogP contribution in [0.1, 0.15) is 10.5 Å². The molecule has 0 unspecified atom stereocenters. The van der Waals surface area contributed by atoms with E-state index in [1.54, 1.807) is 36.5 Å². The van der Waals surface area contributed by atoms with Gasteiger partial charge in [0.1, 0.15) is 12.3 Å². The fraction of sp³-hybridized carbons (Fsp3) is 0.143. The number of rotatable bonds is 5. The predicted octanol–water partition coefficient (Wildman–Crippen LogP) is 2.03. The van der Waals surface area contributed by atoms with Gasteiger partial charge < -0.3 is 10.1 Å². The number of hydrogen-bond donors (Lipinski definition) is 1. The van der Waals surface area contributed by atoms with Crippen molar-refractivity contribution in [2.24, 2.45) is 0 Å². The number of aromatic nitrogens is 1. The molecule has 0 aliphatic rings. The first-order valence-electron chi connectivity index (χ1n) is 5.84. The van der Waals surface area contributed by atoms with E-state index in [9.17, 15) is 9.18 Å². The van der Waals surface area contributed by atoms with Crippen molar-refractivity contribution in [3.05, 3.63) is 60.2 Å². The molecule has 1 heterocycles. The molecule has 0 bridgehead atoms. The summed E-state index contributed by atoms with van der Waals surface area (Å²) in [4.78, 5) is 15.5. The highest BCUT2D eigenvalue weighted by Gasteiger charge is 2.05. The van der Waals surface area contributed by atoms with Crippen LogP contribution >= 0.6 is 0 Å². The zero-order chi connectivity index (χ0) is 13.5. The molecular weight excluding hydrogens is 247 g/mol. The Kier molecular flexibility index (Phi) is 4.44. The van der Waals surface area contributed by atoms with Crippen LogP contribution in [0, 0.1) is 5.82 Å². The van der Waals surface area contributed by atoms with Crippen molar-refractivity contribution in [1.29, 1.82) is 0 Å². The summed E-state index contributed by atoms with van der Waals surface area (Å²) in [6.45, 7) is 0.475. The van der Waals surface area contributed by atoms with Crippen molar-refractivity contribution >= 4 is 5.91 Å². The second kappa shape index (κ2) is 6.49. The van der Waals surface area contributed by atoms with Gasteiger partial charge in [-0.25, -0.2) is 4.39 Å². The third-order valence-electron chi connectivity index (χ3n) is 2.38. The van der Waals surface area contributed by atoms with E-state index in [-0.39, 0.29) is 24.8 Å². The molecule has 98 valence electrons. The summed E-state index contributed by atoms with van der Waals surface area (Å²) in [5.74, 6) is -0.522. The number of hydrogen-bond acceptors (Lipinski definition) is 3. The number of amides is 1. The Bertz CT molecular complexity index is 546. The average molecular weight is 260 g/mol. The van der Waals surface area contributed by atoms with Gasteiger partial charge in [-0.1, -0.05) is 18.2 Å². The highest BCUT2D eigenvalue weighted by molar-refractivity contribution is 5.92. The second-order valence-corrected chi connectivity index (χ2v) is 3.75. The number of ether oxygens (including phenoxy) is 1. The Labute approximate surface area is 110 Å². The maximum atomic E-state index is 13.2. The fourth-order valence-corrected chi connectivity index (χ4v) is 1.47. The van der Waals surface area contributed by atoms with E-state index in [2.05, 4.69) is 10.3 Å². The molecule has 4 nitrogen and oxygen atoms in total. The van der Waals surface area contributed by atoms with Crippen molar-refractivity contribution in [2.45, 2.75) is 0 Å². The highest BCUT2D eigenvalue weighted by Crippen LogP contribution is 2.14. The number of pyridine rings is 1. The lowest BCUT2D eigenvalue weighted by atomic mass is 10.3. The summed E-state index contributed by atoms with van der Waals surface area (Å²) in [6, 6.07) is 11.2. The third-order valence-corrected chi connectivity index (χ3v) is 2.38. The van der Waals surface area contributed by atoms with E-state index >= 15 is 0 Å². The summed E-state index contributed by atoms with van der Waals surface area (Å²) in [5.41, 5.74) is 0.341. The summed E-state index contributed by atoms with van der Waals surface area (Å²) in [6.07, 6.45) is 1.55. The minimum absolute atomic E-state index is 0.176. The minimum atomic E-state index is -0.418. The Morgan fingerprint density at radius 2 is 2.00 bits per heavy atom. The molecule has 5 heteroatoms. The predicted molar refractivity (Wildman–Crippen MR) is 68.5 cm³/mol. The molecule has 0 aliphatic heterocycles. The lowest BCUT2D eigenvalue weighted by Crippen LogP contribution is -2.28. The molecule has 0 saturated carbocycles. The molecule has 2 rings (SSSR count). The van der Waals surface area contributed by atoms with Gasteiger partial charge in [-0.05, 0) is 24.3 Å². The molecule has 2 aromatic rings. The van der Waals surface area contributed by atoms with Crippen LogP contribution in [0.5, 0.6) is 5.75 Å². The average Bonchev–Trinajstić information content (AvgIpc) is 2.46. The van der Waals surface area contributed by atoms with E-state index in [4.69, 9.17) is 4.74 Å². The molecule has 1 N–H and O–H groups in total. The van der Waals surface area contributed by atoms with Crippen LogP contribution in [-0.4, -0.2) is 24.0 Å². The molecule has 1 amide bonds. The van der Waals surface area contributed by atoms with Crippen molar-refractivity contribution in [3.63, 3.8) is 0 Å². The summed E-state index contributed by atoms with van der Waals surface area (Å²) >= 11 is 0. The smallest absolute Gasteiger partial charge is 0.269 e. The highest BCUT2D eigenvalue weighted by atomic mass is 19.1. The standard InChI is InChI=1S/C14H13FN2O2/c15-11-5-1-2-7-13(11)19-10-9-17-14(18)12-6-3-4-8-16-12/h1-8H,9-10H2,(H,17,18). The number of carbonyl (C=O) groups is 1. The molecule has 0 atom stereocenters. The van der Waals surface area contributed by atoms with Crippen LogP contribution in [0.2, 0.25) is 0 Å². The number of halogens is 1. The first-order valence-corrected chi connectivity index (χ1v) is 5.84. The van der Waals surface area contributed by atoms with Crippen LogP contribution in [0.25, 0.3) is 0 Å². The minimum Gasteiger partial charge on any atom is -0.489 e. The van der Waals surface area contributed by atoms with Crippen molar-refractivity contribution < 1.29 is 13.9 Å². The third kappa shape index (κ3) is 3.77. The number of nitrogens with zero attached hydrogens (tertiary/aromatic N) is 1. The van der Waals surface area contributed by atoms with Crippen LogP contribution in [0.15, 0.2) is 48.7 Å². The Hall–Kier alpha value is -2.43. The van der Waals surface area contributed by atoms with Gasteiger partial charge in [0.05, 0.1) is 6.54 Å². The largest absolute Gasteiger partial charge is 0.489 e. The summed E-state index contributed by atoms with van der Waals surface area (Å²) in [7, 11) is 0. The molecule has 0 spiro atoms. The molecular formula is C14H13FN2O2. The number of carbonyl (C=O) groups excluding carboxylic acids is 1. The first-order chi connectivity index (χ1) is 9.27. The van der Waals surface area contributed by atoms with Crippen molar-refractivity contribution in [2.75, 3.05) is 13.2 Å². The molecule has 1 aromatic heterocycles. The Morgan fingerprint density at radius 3 is 2.74 bits per heavy atom. The van der Waals surface area contributed by atoms with Crippen LogP contribution < -0.4 is 10.1 Å². The number of para-hydroxylation sites is 1. The van der Waals surface area contributed by atoms with Gasteiger partial charge in [0.2, 0.25) is 0 Å². The lowest BCUT2D eigenvalue weighted by molar-refractivity contribution is 0.0942. The maximum absolute atomic E-state index is 13.2. The van der Waals surface area contributed by atoms with Crippen molar-refractivity contribution in [3.8, 4) is 5.75 Å². The van der Waals surface area contributed by atoms with Gasteiger partial charge in [0.25, 0.3) is 5.91 Å². The maximum Gasteiger partial charge on any atom is 0.269 e. The number of benzene rings is 1. The monoisotopic (exact) mass is 260 g/mol. The zero-order valence-corrected chi connectivity index (χ0v) is 10.2. The molecule has 1 aromatic carbocycles. The van der Waals surface area contributed by atoms with Crippen LogP contribution in [0.4, 0.5) is 4.39 Å². The second-order valence-electron chi connectivity index (χ2n) is 3.75. The topological polar surface area (TPSA) is 51.2 Å².